The van der Waals surface area contributed by atoms with E-state index in [0.717, 1.165) is 0 Å². The van der Waals surface area contributed by atoms with Gasteiger partial charge in [0.2, 0.25) is 0 Å². The number of benzene rings is 2. The van der Waals surface area contributed by atoms with Gasteiger partial charge in [0.25, 0.3) is 5.91 Å². The second-order valence-corrected chi connectivity index (χ2v) is 5.56. The van der Waals surface area contributed by atoms with Crippen LogP contribution in [0, 0.1) is 0 Å². The molecule has 0 fully saturated rings. The summed E-state index contributed by atoms with van der Waals surface area (Å²) in [6, 6.07) is 10.1. The van der Waals surface area contributed by atoms with E-state index in [2.05, 4.69) is 15.5 Å². The topological polar surface area (TPSA) is 138 Å². The monoisotopic (exact) mass is 385 g/mol. The fraction of sp³-hybridized carbons (Fsp3) is 0.211. The van der Waals surface area contributed by atoms with Gasteiger partial charge in [-0.2, -0.15) is 10.2 Å². The molecule has 0 radical (unpaired) electrons. The van der Waals surface area contributed by atoms with Crippen LogP contribution in [0.25, 0.3) is 0 Å². The van der Waals surface area contributed by atoms with E-state index in [1.165, 1.54) is 18.2 Å². The van der Waals surface area contributed by atoms with Gasteiger partial charge in [-0.15, -0.1) is 0 Å². The van der Waals surface area contributed by atoms with Crippen LogP contribution in [0.5, 0.6) is 5.75 Å². The van der Waals surface area contributed by atoms with Gasteiger partial charge in [0.1, 0.15) is 11.3 Å². The van der Waals surface area contributed by atoms with Crippen LogP contribution in [0.2, 0.25) is 0 Å². The molecule has 0 aliphatic carbocycles. The molecule has 2 aromatic carbocycles. The molecule has 0 aliphatic heterocycles. The largest absolute Gasteiger partial charge is 0.507 e. The number of hydrogen-bond donors (Lipinski definition) is 3. The molecule has 0 bridgehead atoms. The van der Waals surface area contributed by atoms with E-state index in [-0.39, 0.29) is 41.8 Å². The Bertz CT molecular complexity index is 893. The number of nitrogens with zero attached hydrogens (tertiary/aromatic N) is 2. The lowest BCUT2D eigenvalue weighted by molar-refractivity contribution is -0.142. The molecule has 0 unspecified atom stereocenters. The number of nitrogens with one attached hydrogen (secondary N) is 1. The van der Waals surface area contributed by atoms with Crippen LogP contribution in [-0.2, 0) is 9.53 Å². The van der Waals surface area contributed by atoms with Crippen molar-refractivity contribution < 1.29 is 29.3 Å². The number of esters is 1. The van der Waals surface area contributed by atoms with Crippen LogP contribution in [0.15, 0.2) is 52.7 Å². The van der Waals surface area contributed by atoms with Gasteiger partial charge < -0.3 is 20.3 Å². The van der Waals surface area contributed by atoms with Gasteiger partial charge in [0.05, 0.1) is 24.4 Å². The van der Waals surface area contributed by atoms with Crippen LogP contribution >= 0.6 is 0 Å². The van der Waals surface area contributed by atoms with Gasteiger partial charge in [-0.3, -0.25) is 9.59 Å². The molecule has 0 atom stereocenters. The molecule has 0 saturated heterocycles. The van der Waals surface area contributed by atoms with Gasteiger partial charge >= 0.3 is 11.9 Å². The predicted octanol–water partition coefficient (Wildman–Crippen LogP) is 3.19. The molecule has 2 rings (SSSR count). The third-order valence-corrected chi connectivity index (χ3v) is 3.54. The lowest BCUT2D eigenvalue weighted by Crippen LogP contribution is -2.26. The first kappa shape index (κ1) is 20.6. The first-order chi connectivity index (χ1) is 13.4. The number of ether oxygens (including phenoxy) is 1. The number of carboxylic acid groups (broad SMARTS) is 1. The summed E-state index contributed by atoms with van der Waals surface area (Å²) in [4.78, 5) is 34.2. The van der Waals surface area contributed by atoms with E-state index in [1.807, 2.05) is 0 Å². The Morgan fingerprint density at radius 3 is 2.32 bits per heavy atom. The Morgan fingerprint density at radius 1 is 1.04 bits per heavy atom. The first-order valence-electron chi connectivity index (χ1n) is 8.42. The van der Waals surface area contributed by atoms with Crippen LogP contribution in [-0.4, -0.2) is 41.2 Å². The lowest BCUT2D eigenvalue weighted by atomic mass is 10.2. The standard InChI is InChI=1S/C19H19N3O6/c1-2-28-17(24)9-10-20-18(25)12-3-5-13(6-4-12)21-22-14-7-8-16(23)15(11-14)19(26)27/h3-8,11,23H,2,9-10H2,1H3,(H,20,25)(H,26,27). The van der Waals surface area contributed by atoms with Crippen molar-refractivity contribution in [2.75, 3.05) is 13.2 Å². The molecule has 146 valence electrons. The van der Waals surface area contributed by atoms with Crippen molar-refractivity contribution in [1.29, 1.82) is 0 Å². The average Bonchev–Trinajstić information content (AvgIpc) is 2.67. The van der Waals surface area contributed by atoms with Crippen LogP contribution in [0.1, 0.15) is 34.1 Å². The molecule has 0 spiro atoms. The van der Waals surface area contributed by atoms with E-state index in [1.54, 1.807) is 31.2 Å². The molecule has 28 heavy (non-hydrogen) atoms. The summed E-state index contributed by atoms with van der Waals surface area (Å²) in [6.07, 6.45) is 0.0941. The van der Waals surface area contributed by atoms with E-state index in [9.17, 15) is 19.5 Å². The number of carbonyl (C=O) groups excluding carboxylic acids is 2. The second kappa shape index (κ2) is 9.81. The molecule has 0 saturated carbocycles. The van der Waals surface area contributed by atoms with E-state index in [0.29, 0.717) is 17.9 Å². The number of carbonyl (C=O) groups is 3. The number of hydrogen-bond acceptors (Lipinski definition) is 7. The first-order valence-corrected chi connectivity index (χ1v) is 8.42. The highest BCUT2D eigenvalue weighted by Crippen LogP contribution is 2.25. The van der Waals surface area contributed by atoms with Crippen molar-refractivity contribution in [3.05, 3.63) is 53.6 Å². The fourth-order valence-corrected chi connectivity index (χ4v) is 2.17. The fourth-order valence-electron chi connectivity index (χ4n) is 2.17. The summed E-state index contributed by atoms with van der Waals surface area (Å²) in [6.45, 7) is 2.18. The molecule has 9 nitrogen and oxygen atoms in total. The molecular formula is C19H19N3O6. The van der Waals surface area contributed by atoms with Gasteiger partial charge in [-0.25, -0.2) is 4.79 Å². The van der Waals surface area contributed by atoms with Crippen molar-refractivity contribution in [1.82, 2.24) is 5.32 Å². The zero-order valence-electron chi connectivity index (χ0n) is 15.1. The molecule has 3 N–H and O–H groups in total. The van der Waals surface area contributed by atoms with Crippen molar-refractivity contribution in [3.8, 4) is 5.75 Å². The maximum Gasteiger partial charge on any atom is 0.339 e. The van der Waals surface area contributed by atoms with Crippen molar-refractivity contribution in [3.63, 3.8) is 0 Å². The third-order valence-electron chi connectivity index (χ3n) is 3.54. The predicted molar refractivity (Wildman–Crippen MR) is 99.3 cm³/mol. The molecule has 0 aromatic heterocycles. The van der Waals surface area contributed by atoms with Crippen LogP contribution in [0.4, 0.5) is 11.4 Å². The average molecular weight is 385 g/mol. The summed E-state index contributed by atoms with van der Waals surface area (Å²) in [5.74, 6) is -2.34. The molecular weight excluding hydrogens is 366 g/mol. The minimum absolute atomic E-state index is 0.0941. The minimum Gasteiger partial charge on any atom is -0.507 e. The molecule has 0 aliphatic rings. The Balaban J connectivity index is 1.96. The molecule has 9 heteroatoms. The summed E-state index contributed by atoms with van der Waals surface area (Å²) >= 11 is 0. The summed E-state index contributed by atoms with van der Waals surface area (Å²) in [5.41, 5.74) is 0.830. The zero-order valence-corrected chi connectivity index (χ0v) is 15.1. The van der Waals surface area contributed by atoms with Crippen molar-refractivity contribution >= 4 is 29.2 Å². The highest BCUT2D eigenvalue weighted by atomic mass is 16.5. The Labute approximate surface area is 160 Å². The highest BCUT2D eigenvalue weighted by molar-refractivity contribution is 5.94. The van der Waals surface area contributed by atoms with Gasteiger partial charge in [-0.1, -0.05) is 0 Å². The van der Waals surface area contributed by atoms with Gasteiger partial charge in [0, 0.05) is 12.1 Å². The Hall–Kier alpha value is -3.75. The summed E-state index contributed by atoms with van der Waals surface area (Å²) in [5, 5.41) is 29.0. The van der Waals surface area contributed by atoms with E-state index >= 15 is 0 Å². The van der Waals surface area contributed by atoms with Crippen LogP contribution < -0.4 is 5.32 Å². The molecule has 2 aromatic rings. The minimum atomic E-state index is -1.27. The highest BCUT2D eigenvalue weighted by Gasteiger charge is 2.10. The third kappa shape index (κ3) is 5.90. The normalized spacial score (nSPS) is 10.6. The Kier molecular flexibility index (Phi) is 7.21. The van der Waals surface area contributed by atoms with Gasteiger partial charge in [-0.05, 0) is 49.4 Å². The zero-order chi connectivity index (χ0) is 20.5. The quantitative estimate of drug-likeness (QED) is 0.471. The number of rotatable bonds is 8. The summed E-state index contributed by atoms with van der Waals surface area (Å²) in [7, 11) is 0. The maximum absolute atomic E-state index is 12.0. The summed E-state index contributed by atoms with van der Waals surface area (Å²) < 4.78 is 4.78. The molecule has 0 heterocycles. The number of phenols is 1. The van der Waals surface area contributed by atoms with E-state index < -0.39 is 5.97 Å². The Morgan fingerprint density at radius 2 is 1.68 bits per heavy atom. The van der Waals surface area contributed by atoms with Crippen molar-refractivity contribution in [2.24, 2.45) is 10.2 Å². The van der Waals surface area contributed by atoms with E-state index in [4.69, 9.17) is 9.84 Å². The maximum atomic E-state index is 12.0. The lowest BCUT2D eigenvalue weighted by Gasteiger charge is -2.05. The second-order valence-electron chi connectivity index (χ2n) is 5.56. The van der Waals surface area contributed by atoms with Gasteiger partial charge in [0.15, 0.2) is 0 Å². The SMILES string of the molecule is CCOC(=O)CCNC(=O)c1ccc(N=Nc2ccc(O)c(C(=O)O)c2)cc1. The number of aromatic hydroxyl groups is 1. The number of aromatic carboxylic acids is 1. The number of carboxylic acids is 1. The smallest absolute Gasteiger partial charge is 0.339 e. The number of azo groups is 1. The molecule has 1 amide bonds. The number of amides is 1. The van der Waals surface area contributed by atoms with Crippen LogP contribution in [0.3, 0.4) is 0 Å². The van der Waals surface area contributed by atoms with Crippen molar-refractivity contribution in [2.45, 2.75) is 13.3 Å².